The monoisotopic (exact) mass is 474 g/mol. The Labute approximate surface area is 198 Å². The fourth-order valence-corrected chi connectivity index (χ4v) is 3.09. The molecule has 0 unspecified atom stereocenters. The van der Waals surface area contributed by atoms with Gasteiger partial charge in [0.25, 0.3) is 0 Å². The van der Waals surface area contributed by atoms with Crippen LogP contribution in [-0.2, 0) is 9.47 Å². The minimum Gasteiger partial charge on any atom is -0.487 e. The largest absolute Gasteiger partial charge is 0.487 e. The number of hydrogen-bond donors (Lipinski definition) is 2. The summed E-state index contributed by atoms with van der Waals surface area (Å²) in [6.45, 7) is 6.02. The van der Waals surface area contributed by atoms with Crippen LogP contribution >= 0.6 is 0 Å². The van der Waals surface area contributed by atoms with Crippen molar-refractivity contribution >= 4 is 11.4 Å². The molecule has 10 heteroatoms. The Morgan fingerprint density at radius 3 is 1.26 bits per heavy atom. The summed E-state index contributed by atoms with van der Waals surface area (Å²) in [6.07, 6.45) is 0. The van der Waals surface area contributed by atoms with Crippen LogP contribution < -0.4 is 18.9 Å². The smallest absolute Gasteiger partial charge is 0.161 e. The molecule has 1 heterocycles. The number of ether oxygens (including phenoxy) is 6. The fraction of sp³-hybridized carbons (Fsp3) is 0.417. The van der Waals surface area contributed by atoms with Crippen molar-refractivity contribution in [3.63, 3.8) is 0 Å². The Kier molecular flexibility index (Phi) is 9.80. The van der Waals surface area contributed by atoms with Crippen molar-refractivity contribution in [1.82, 2.24) is 0 Å². The van der Waals surface area contributed by atoms with Gasteiger partial charge in [0.1, 0.15) is 26.4 Å². The van der Waals surface area contributed by atoms with E-state index in [0.29, 0.717) is 87.3 Å². The third-order valence-corrected chi connectivity index (χ3v) is 4.96. The van der Waals surface area contributed by atoms with Crippen LogP contribution in [0.4, 0.5) is 0 Å². The van der Waals surface area contributed by atoms with Gasteiger partial charge in [-0.2, -0.15) is 0 Å². The number of benzene rings is 2. The number of rotatable bonds is 2. The van der Waals surface area contributed by atoms with Crippen LogP contribution in [0.1, 0.15) is 25.0 Å². The molecule has 184 valence electrons. The van der Waals surface area contributed by atoms with Crippen LogP contribution in [-0.4, -0.2) is 74.7 Å². The van der Waals surface area contributed by atoms with Gasteiger partial charge in [0.2, 0.25) is 0 Å². The normalized spacial score (nSPS) is 16.9. The first-order chi connectivity index (χ1) is 16.6. The van der Waals surface area contributed by atoms with Crippen LogP contribution in [0.2, 0.25) is 0 Å². The van der Waals surface area contributed by atoms with Crippen LogP contribution in [0, 0.1) is 0 Å². The molecule has 1 aliphatic rings. The molecule has 0 atom stereocenters. The predicted octanol–water partition coefficient (Wildman–Crippen LogP) is 3.35. The van der Waals surface area contributed by atoms with E-state index in [1.165, 1.54) is 0 Å². The van der Waals surface area contributed by atoms with E-state index in [-0.39, 0.29) is 0 Å². The van der Waals surface area contributed by atoms with Crippen molar-refractivity contribution < 1.29 is 38.8 Å². The topological polar surface area (TPSA) is 121 Å². The lowest BCUT2D eigenvalue weighted by Gasteiger charge is -2.16. The molecule has 0 saturated carbocycles. The summed E-state index contributed by atoms with van der Waals surface area (Å²) in [4.78, 5) is 0. The summed E-state index contributed by atoms with van der Waals surface area (Å²) in [5, 5.41) is 24.6. The molecule has 3 rings (SSSR count). The highest BCUT2D eigenvalue weighted by Crippen LogP contribution is 2.30. The molecule has 1 aliphatic heterocycles. The van der Waals surface area contributed by atoms with E-state index in [2.05, 4.69) is 10.3 Å². The van der Waals surface area contributed by atoms with E-state index in [0.717, 1.165) is 11.1 Å². The van der Waals surface area contributed by atoms with Gasteiger partial charge in [0.05, 0.1) is 37.9 Å². The first-order valence-electron chi connectivity index (χ1n) is 10.9. The number of nitrogens with zero attached hydrogens (tertiary/aromatic N) is 2. The maximum Gasteiger partial charge on any atom is 0.161 e. The van der Waals surface area contributed by atoms with E-state index >= 15 is 0 Å². The first kappa shape index (κ1) is 25.1. The van der Waals surface area contributed by atoms with Gasteiger partial charge in [-0.05, 0) is 50.2 Å². The molecule has 0 spiro atoms. The molecule has 0 amide bonds. The van der Waals surface area contributed by atoms with E-state index < -0.39 is 0 Å². The summed E-state index contributed by atoms with van der Waals surface area (Å²) in [5.41, 5.74) is 2.37. The Morgan fingerprint density at radius 2 is 0.912 bits per heavy atom. The van der Waals surface area contributed by atoms with Crippen LogP contribution in [0.5, 0.6) is 23.0 Å². The summed E-state index contributed by atoms with van der Waals surface area (Å²) in [5.74, 6) is 2.16. The van der Waals surface area contributed by atoms with Crippen molar-refractivity contribution in [2.75, 3.05) is 52.9 Å². The third kappa shape index (κ3) is 7.26. The molecule has 2 aromatic carbocycles. The van der Waals surface area contributed by atoms with Crippen LogP contribution in [0.25, 0.3) is 0 Å². The lowest BCUT2D eigenvalue weighted by atomic mass is 10.1. The zero-order valence-electron chi connectivity index (χ0n) is 19.4. The average Bonchev–Trinajstić information content (AvgIpc) is 2.87. The quantitative estimate of drug-likeness (QED) is 0.386. The Hall–Kier alpha value is -3.50. The van der Waals surface area contributed by atoms with E-state index in [4.69, 9.17) is 38.8 Å². The lowest BCUT2D eigenvalue weighted by Crippen LogP contribution is -2.15. The Balaban J connectivity index is 1.66. The molecule has 0 bridgehead atoms. The molecule has 0 aromatic heterocycles. The second-order valence-corrected chi connectivity index (χ2v) is 7.31. The summed E-state index contributed by atoms with van der Waals surface area (Å²) < 4.78 is 34.6. The molecular weight excluding hydrogens is 444 g/mol. The van der Waals surface area contributed by atoms with E-state index in [9.17, 15) is 0 Å². The van der Waals surface area contributed by atoms with E-state index in [1.54, 1.807) is 50.2 Å². The highest BCUT2D eigenvalue weighted by atomic mass is 16.6. The molecule has 2 N–H and O–H groups in total. The molecule has 34 heavy (non-hydrogen) atoms. The van der Waals surface area contributed by atoms with Gasteiger partial charge in [-0.15, -0.1) is 0 Å². The van der Waals surface area contributed by atoms with Gasteiger partial charge in [0, 0.05) is 11.1 Å². The molecule has 0 radical (unpaired) electrons. The van der Waals surface area contributed by atoms with Gasteiger partial charge < -0.3 is 38.8 Å². The van der Waals surface area contributed by atoms with Gasteiger partial charge in [-0.1, -0.05) is 10.3 Å². The minimum atomic E-state index is 0.300. The maximum atomic E-state index is 9.05. The molecule has 0 aliphatic carbocycles. The maximum absolute atomic E-state index is 9.05. The van der Waals surface area contributed by atoms with Gasteiger partial charge in [0.15, 0.2) is 23.0 Å². The number of oxime groups is 2. The lowest BCUT2D eigenvalue weighted by molar-refractivity contribution is 0.0640. The Bertz CT molecular complexity index is 913. The second kappa shape index (κ2) is 13.3. The van der Waals surface area contributed by atoms with Gasteiger partial charge in [-0.3, -0.25) is 0 Å². The molecule has 0 saturated heterocycles. The minimum absolute atomic E-state index is 0.300. The van der Waals surface area contributed by atoms with Gasteiger partial charge in [-0.25, -0.2) is 0 Å². The van der Waals surface area contributed by atoms with Crippen LogP contribution in [0.3, 0.4) is 0 Å². The van der Waals surface area contributed by atoms with Gasteiger partial charge >= 0.3 is 0 Å². The van der Waals surface area contributed by atoms with Crippen molar-refractivity contribution in [3.05, 3.63) is 47.5 Å². The second-order valence-electron chi connectivity index (χ2n) is 7.31. The highest BCUT2D eigenvalue weighted by Gasteiger charge is 2.11. The standard InChI is InChI=1S/C24H30N2O8/c1-17(25-27)19-3-5-21-23(15-19)33-13-9-29-8-12-32-22-6-4-20(18(2)26-28)16-24(22)34-14-10-30-7-11-31-21/h3-6,15-16,27-28H,7-14H2,1-2H3/b25-17+,26-18+. The SMILES string of the molecule is C/C(=N\O)c1ccc2c(c1)OCCOCCOc1ccc(/C(C)=N/O)cc1OCCOCCO2. The molecule has 2 aromatic rings. The predicted molar refractivity (Wildman–Crippen MR) is 124 cm³/mol. The Morgan fingerprint density at radius 1 is 0.559 bits per heavy atom. The molecule has 0 fully saturated rings. The average molecular weight is 475 g/mol. The summed E-state index contributed by atoms with van der Waals surface area (Å²) in [7, 11) is 0. The zero-order valence-corrected chi connectivity index (χ0v) is 19.4. The summed E-state index contributed by atoms with van der Waals surface area (Å²) >= 11 is 0. The third-order valence-electron chi connectivity index (χ3n) is 4.96. The van der Waals surface area contributed by atoms with Crippen molar-refractivity contribution in [1.29, 1.82) is 0 Å². The van der Waals surface area contributed by atoms with Crippen LogP contribution in [0.15, 0.2) is 46.7 Å². The fourth-order valence-electron chi connectivity index (χ4n) is 3.09. The van der Waals surface area contributed by atoms with E-state index in [1.807, 2.05) is 0 Å². The summed E-state index contributed by atoms with van der Waals surface area (Å²) in [6, 6.07) is 10.6. The zero-order chi connectivity index (χ0) is 24.2. The van der Waals surface area contributed by atoms with Crippen molar-refractivity contribution in [3.8, 4) is 23.0 Å². The number of fused-ring (bicyclic) bond motifs is 2. The van der Waals surface area contributed by atoms with Crippen molar-refractivity contribution in [2.45, 2.75) is 13.8 Å². The molecule has 10 nitrogen and oxygen atoms in total. The molecular formula is C24H30N2O8. The first-order valence-corrected chi connectivity index (χ1v) is 10.9. The van der Waals surface area contributed by atoms with Crippen molar-refractivity contribution in [2.24, 2.45) is 10.3 Å². The highest BCUT2D eigenvalue weighted by molar-refractivity contribution is 5.99. The number of hydrogen-bond acceptors (Lipinski definition) is 10.